The molecule has 1 saturated heterocycles. The zero-order chi connectivity index (χ0) is 20.5. The molecule has 1 N–H and O–H groups in total. The van der Waals surface area contributed by atoms with E-state index in [0.29, 0.717) is 6.54 Å². The number of alkyl halides is 1. The summed E-state index contributed by atoms with van der Waals surface area (Å²) in [6.07, 6.45) is 2.75. The Morgan fingerprint density at radius 3 is 2.90 bits per heavy atom. The molecule has 0 radical (unpaired) electrons. The molecule has 4 rings (SSSR count). The molecule has 1 aromatic carbocycles. The number of para-hydroxylation sites is 1. The van der Waals surface area contributed by atoms with Gasteiger partial charge in [-0.3, -0.25) is 9.59 Å². The number of hydrogen-bond donors (Lipinski definition) is 1. The highest BCUT2D eigenvalue weighted by atomic mass is 19.1. The summed E-state index contributed by atoms with van der Waals surface area (Å²) in [6.45, 7) is 0.373. The summed E-state index contributed by atoms with van der Waals surface area (Å²) in [4.78, 5) is 31.1. The van der Waals surface area contributed by atoms with Crippen molar-refractivity contribution in [3.8, 4) is 0 Å². The monoisotopic (exact) mass is 398 g/mol. The summed E-state index contributed by atoms with van der Waals surface area (Å²) < 4.78 is 15.7. The van der Waals surface area contributed by atoms with Crippen LogP contribution in [0.3, 0.4) is 0 Å². The molecular formula is C20H23FN6O2. The van der Waals surface area contributed by atoms with Crippen molar-refractivity contribution < 1.29 is 14.0 Å². The third-order valence-corrected chi connectivity index (χ3v) is 5.26. The highest BCUT2D eigenvalue weighted by Crippen LogP contribution is 2.25. The van der Waals surface area contributed by atoms with Gasteiger partial charge < -0.3 is 14.8 Å². The Balaban J connectivity index is 1.48. The van der Waals surface area contributed by atoms with E-state index in [4.69, 9.17) is 0 Å². The number of carbonyl (C=O) groups excluding carboxylic acids is 2. The summed E-state index contributed by atoms with van der Waals surface area (Å²) in [5.74, 6) is -0.372. The summed E-state index contributed by atoms with van der Waals surface area (Å²) in [5, 5.41) is 8.85. The number of rotatable bonds is 5. The number of aromatic amines is 1. The standard InChI is InChI=1S/C20H23FN6O2/c1-25(2)20(29)18-12-26(24-23-18)11-15-8-14(21)10-27(15)19(28)7-13-9-22-17-6-4-3-5-16(13)17/h3-6,9,12,14-15,22H,7-8,10-11H2,1-2H3/t14-,15-/m0/s1. The molecule has 1 aliphatic rings. The molecule has 0 aliphatic carbocycles. The lowest BCUT2D eigenvalue weighted by atomic mass is 10.1. The number of carbonyl (C=O) groups is 2. The molecule has 8 nitrogen and oxygen atoms in total. The summed E-state index contributed by atoms with van der Waals surface area (Å²) in [7, 11) is 3.27. The van der Waals surface area contributed by atoms with Crippen LogP contribution in [0.5, 0.6) is 0 Å². The van der Waals surface area contributed by atoms with Gasteiger partial charge in [-0.15, -0.1) is 5.10 Å². The van der Waals surface area contributed by atoms with Crippen molar-refractivity contribution in [2.24, 2.45) is 0 Å². The topological polar surface area (TPSA) is 87.1 Å². The smallest absolute Gasteiger partial charge is 0.275 e. The minimum Gasteiger partial charge on any atom is -0.361 e. The summed E-state index contributed by atoms with van der Waals surface area (Å²) in [5.41, 5.74) is 2.09. The van der Waals surface area contributed by atoms with E-state index < -0.39 is 6.17 Å². The number of aromatic nitrogens is 4. The fraction of sp³-hybridized carbons (Fsp3) is 0.400. The van der Waals surface area contributed by atoms with E-state index in [2.05, 4.69) is 15.3 Å². The molecule has 29 heavy (non-hydrogen) atoms. The van der Waals surface area contributed by atoms with E-state index in [1.165, 1.54) is 15.8 Å². The number of likely N-dealkylation sites (tertiary alicyclic amines) is 1. The van der Waals surface area contributed by atoms with Crippen LogP contribution < -0.4 is 0 Å². The molecule has 2 amide bonds. The van der Waals surface area contributed by atoms with Crippen molar-refractivity contribution in [2.75, 3.05) is 20.6 Å². The van der Waals surface area contributed by atoms with Crippen LogP contribution in [0.1, 0.15) is 22.5 Å². The van der Waals surface area contributed by atoms with Gasteiger partial charge in [0.05, 0.1) is 31.7 Å². The van der Waals surface area contributed by atoms with Gasteiger partial charge in [0.25, 0.3) is 5.91 Å². The molecule has 0 bridgehead atoms. The Bertz CT molecular complexity index is 1040. The Hall–Kier alpha value is -3.23. The molecule has 3 aromatic rings. The zero-order valence-corrected chi connectivity index (χ0v) is 16.4. The van der Waals surface area contributed by atoms with Crippen molar-refractivity contribution >= 4 is 22.7 Å². The summed E-state index contributed by atoms with van der Waals surface area (Å²) in [6, 6.07) is 7.45. The normalized spacial score (nSPS) is 19.1. The van der Waals surface area contributed by atoms with Crippen LogP contribution in [0.15, 0.2) is 36.7 Å². The molecule has 152 valence electrons. The highest BCUT2D eigenvalue weighted by Gasteiger charge is 2.36. The van der Waals surface area contributed by atoms with Gasteiger partial charge in [-0.05, 0) is 11.6 Å². The van der Waals surface area contributed by atoms with Gasteiger partial charge in [-0.1, -0.05) is 23.4 Å². The van der Waals surface area contributed by atoms with E-state index in [1.807, 2.05) is 30.5 Å². The number of nitrogens with zero attached hydrogens (tertiary/aromatic N) is 5. The van der Waals surface area contributed by atoms with Gasteiger partial charge in [0.1, 0.15) is 6.17 Å². The van der Waals surface area contributed by atoms with Gasteiger partial charge in [0, 0.05) is 37.6 Å². The van der Waals surface area contributed by atoms with Crippen LogP contribution in [-0.2, 0) is 17.8 Å². The second kappa shape index (κ2) is 7.65. The van der Waals surface area contributed by atoms with Crippen LogP contribution in [-0.4, -0.2) is 74.4 Å². The van der Waals surface area contributed by atoms with Crippen LogP contribution in [0.4, 0.5) is 4.39 Å². The van der Waals surface area contributed by atoms with Crippen LogP contribution >= 0.6 is 0 Å². The number of fused-ring (bicyclic) bond motifs is 1. The molecule has 2 atom stereocenters. The first-order valence-electron chi connectivity index (χ1n) is 9.52. The fourth-order valence-corrected chi connectivity index (χ4v) is 3.81. The van der Waals surface area contributed by atoms with Gasteiger partial charge in [0.15, 0.2) is 5.69 Å². The van der Waals surface area contributed by atoms with Gasteiger partial charge in [0.2, 0.25) is 5.91 Å². The third kappa shape index (κ3) is 3.85. The quantitative estimate of drug-likeness (QED) is 0.708. The van der Waals surface area contributed by atoms with Crippen molar-refractivity contribution in [1.29, 1.82) is 0 Å². The molecule has 0 saturated carbocycles. The van der Waals surface area contributed by atoms with Crippen molar-refractivity contribution in [3.05, 3.63) is 47.9 Å². The summed E-state index contributed by atoms with van der Waals surface area (Å²) >= 11 is 0. The molecule has 9 heteroatoms. The largest absolute Gasteiger partial charge is 0.361 e. The molecule has 1 fully saturated rings. The maximum atomic E-state index is 14.2. The second-order valence-corrected chi connectivity index (χ2v) is 7.59. The first-order chi connectivity index (χ1) is 13.9. The van der Waals surface area contributed by atoms with Crippen LogP contribution in [0, 0.1) is 0 Å². The number of halogens is 1. The Morgan fingerprint density at radius 1 is 1.31 bits per heavy atom. The molecular weight excluding hydrogens is 375 g/mol. The second-order valence-electron chi connectivity index (χ2n) is 7.59. The maximum Gasteiger partial charge on any atom is 0.275 e. The number of benzene rings is 1. The minimum absolute atomic E-state index is 0.0735. The number of hydrogen-bond acceptors (Lipinski definition) is 4. The lowest BCUT2D eigenvalue weighted by molar-refractivity contribution is -0.131. The number of H-pyrrole nitrogens is 1. The molecule has 2 aromatic heterocycles. The Kier molecular flexibility index (Phi) is 5.04. The number of nitrogens with one attached hydrogen (secondary N) is 1. The van der Waals surface area contributed by atoms with Crippen LogP contribution in [0.25, 0.3) is 10.9 Å². The Labute approximate surface area is 167 Å². The zero-order valence-electron chi connectivity index (χ0n) is 16.4. The molecule has 0 unspecified atom stereocenters. The predicted molar refractivity (Wildman–Crippen MR) is 105 cm³/mol. The van der Waals surface area contributed by atoms with E-state index in [1.54, 1.807) is 19.0 Å². The molecule has 1 aliphatic heterocycles. The average molecular weight is 398 g/mol. The SMILES string of the molecule is CN(C)C(=O)c1cn(C[C@@H]2C[C@H](F)CN2C(=O)Cc2c[nH]c3ccccc23)nn1. The van der Waals surface area contributed by atoms with E-state index in [-0.39, 0.29) is 42.9 Å². The van der Waals surface area contributed by atoms with Crippen molar-refractivity contribution in [2.45, 2.75) is 31.6 Å². The first kappa shape index (κ1) is 19.1. The van der Waals surface area contributed by atoms with Gasteiger partial charge in [-0.25, -0.2) is 9.07 Å². The predicted octanol–water partition coefficient (Wildman–Crippen LogP) is 1.64. The Morgan fingerprint density at radius 2 is 2.10 bits per heavy atom. The number of amides is 2. The van der Waals surface area contributed by atoms with Gasteiger partial charge in [-0.2, -0.15) is 0 Å². The van der Waals surface area contributed by atoms with Crippen molar-refractivity contribution in [3.63, 3.8) is 0 Å². The van der Waals surface area contributed by atoms with E-state index in [0.717, 1.165) is 16.5 Å². The average Bonchev–Trinajstić information content (AvgIpc) is 3.41. The molecule has 3 heterocycles. The van der Waals surface area contributed by atoms with Crippen molar-refractivity contribution in [1.82, 2.24) is 29.8 Å². The lowest BCUT2D eigenvalue weighted by Gasteiger charge is -2.24. The molecule has 0 spiro atoms. The highest BCUT2D eigenvalue weighted by molar-refractivity contribution is 5.91. The van der Waals surface area contributed by atoms with E-state index in [9.17, 15) is 14.0 Å². The lowest BCUT2D eigenvalue weighted by Crippen LogP contribution is -2.39. The van der Waals surface area contributed by atoms with Gasteiger partial charge >= 0.3 is 0 Å². The van der Waals surface area contributed by atoms with Crippen LogP contribution in [0.2, 0.25) is 0 Å². The fourth-order valence-electron chi connectivity index (χ4n) is 3.81. The van der Waals surface area contributed by atoms with E-state index >= 15 is 0 Å². The third-order valence-electron chi connectivity index (χ3n) is 5.26. The first-order valence-corrected chi connectivity index (χ1v) is 9.52. The minimum atomic E-state index is -1.07. The maximum absolute atomic E-state index is 14.2.